The van der Waals surface area contributed by atoms with Crippen molar-refractivity contribution in [1.29, 1.82) is 0 Å². The van der Waals surface area contributed by atoms with Gasteiger partial charge in [-0.2, -0.15) is 11.8 Å². The molecule has 0 aromatic heterocycles. The molecule has 2 rings (SSSR count). The van der Waals surface area contributed by atoms with Gasteiger partial charge in [0.05, 0.1) is 7.11 Å². The van der Waals surface area contributed by atoms with Gasteiger partial charge in [0.1, 0.15) is 5.75 Å². The fraction of sp³-hybridized carbons (Fsp3) is 0.455. The highest BCUT2D eigenvalue weighted by Gasteiger charge is 2.27. The van der Waals surface area contributed by atoms with Crippen LogP contribution in [0.25, 0.3) is 0 Å². The Morgan fingerprint density at radius 2 is 2.14 bits per heavy atom. The summed E-state index contributed by atoms with van der Waals surface area (Å²) in [5, 5.41) is 0. The van der Waals surface area contributed by atoms with Gasteiger partial charge in [-0.1, -0.05) is 18.2 Å². The zero-order chi connectivity index (χ0) is 9.97. The van der Waals surface area contributed by atoms with Crippen molar-refractivity contribution in [2.24, 2.45) is 5.73 Å². The van der Waals surface area contributed by atoms with Crippen molar-refractivity contribution < 1.29 is 4.74 Å². The van der Waals surface area contributed by atoms with Gasteiger partial charge in [-0.3, -0.25) is 0 Å². The monoisotopic (exact) mass is 209 g/mol. The fourth-order valence-electron chi connectivity index (χ4n) is 1.86. The second-order valence-corrected chi connectivity index (χ2v) is 4.62. The normalized spacial score (nSPS) is 26.4. The van der Waals surface area contributed by atoms with Gasteiger partial charge in [0.15, 0.2) is 0 Å². The molecule has 0 saturated carbocycles. The zero-order valence-electron chi connectivity index (χ0n) is 8.27. The molecule has 0 spiro atoms. The Hall–Kier alpha value is -0.670. The fourth-order valence-corrected chi connectivity index (χ4v) is 3.19. The predicted molar refractivity (Wildman–Crippen MR) is 61.0 cm³/mol. The van der Waals surface area contributed by atoms with Crippen molar-refractivity contribution in [2.45, 2.75) is 12.0 Å². The van der Waals surface area contributed by atoms with Gasteiger partial charge < -0.3 is 10.5 Å². The Morgan fingerprint density at radius 3 is 2.79 bits per heavy atom. The van der Waals surface area contributed by atoms with Crippen LogP contribution in [-0.2, 0) is 0 Å². The molecule has 14 heavy (non-hydrogen) atoms. The molecule has 1 fully saturated rings. The Kier molecular flexibility index (Phi) is 2.99. The van der Waals surface area contributed by atoms with Crippen molar-refractivity contribution in [3.8, 4) is 5.75 Å². The first kappa shape index (κ1) is 9.87. The Morgan fingerprint density at radius 1 is 1.36 bits per heavy atom. The summed E-state index contributed by atoms with van der Waals surface area (Å²) in [4.78, 5) is 0. The van der Waals surface area contributed by atoms with E-state index in [4.69, 9.17) is 10.5 Å². The minimum atomic E-state index is 0.274. The van der Waals surface area contributed by atoms with Crippen LogP contribution in [0.3, 0.4) is 0 Å². The zero-order valence-corrected chi connectivity index (χ0v) is 9.09. The molecule has 2 N–H and O–H groups in total. The van der Waals surface area contributed by atoms with Crippen LogP contribution in [0.5, 0.6) is 5.75 Å². The number of para-hydroxylation sites is 1. The van der Waals surface area contributed by atoms with E-state index in [1.54, 1.807) is 7.11 Å². The molecular formula is C11H15NOS. The molecule has 76 valence electrons. The van der Waals surface area contributed by atoms with Crippen molar-refractivity contribution in [3.05, 3.63) is 29.8 Å². The van der Waals surface area contributed by atoms with Gasteiger partial charge in [-0.15, -0.1) is 0 Å². The summed E-state index contributed by atoms with van der Waals surface area (Å²) in [6, 6.07) is 8.44. The van der Waals surface area contributed by atoms with Crippen molar-refractivity contribution in [1.82, 2.24) is 0 Å². The number of hydrogen-bond donors (Lipinski definition) is 1. The summed E-state index contributed by atoms with van der Waals surface area (Å²) in [6.45, 7) is 0. The maximum Gasteiger partial charge on any atom is 0.122 e. The number of thioether (sulfide) groups is 1. The van der Waals surface area contributed by atoms with E-state index < -0.39 is 0 Å². The molecule has 2 atom stereocenters. The SMILES string of the molecule is COc1ccccc1C1CSCC1N. The molecule has 1 aliphatic heterocycles. The molecule has 1 saturated heterocycles. The first-order chi connectivity index (χ1) is 6.83. The van der Waals surface area contributed by atoms with Crippen LogP contribution in [0.1, 0.15) is 11.5 Å². The Labute approximate surface area is 88.8 Å². The summed E-state index contributed by atoms with van der Waals surface area (Å²) in [5.41, 5.74) is 7.32. The summed E-state index contributed by atoms with van der Waals surface area (Å²) < 4.78 is 5.34. The molecular weight excluding hydrogens is 194 g/mol. The van der Waals surface area contributed by atoms with Gasteiger partial charge in [0, 0.05) is 23.5 Å². The first-order valence-corrected chi connectivity index (χ1v) is 5.94. The molecule has 2 unspecified atom stereocenters. The van der Waals surface area contributed by atoms with E-state index in [9.17, 15) is 0 Å². The molecule has 1 aromatic rings. The average Bonchev–Trinajstić information content (AvgIpc) is 2.64. The Bertz CT molecular complexity index is 316. The lowest BCUT2D eigenvalue weighted by atomic mass is 9.94. The van der Waals surface area contributed by atoms with Gasteiger partial charge in [-0.05, 0) is 11.6 Å². The molecule has 0 radical (unpaired) electrons. The van der Waals surface area contributed by atoms with Crippen LogP contribution in [-0.4, -0.2) is 24.7 Å². The molecule has 0 aliphatic carbocycles. The third kappa shape index (κ3) is 1.74. The van der Waals surface area contributed by atoms with E-state index in [0.29, 0.717) is 5.92 Å². The van der Waals surface area contributed by atoms with Gasteiger partial charge >= 0.3 is 0 Å². The largest absolute Gasteiger partial charge is 0.496 e. The van der Waals surface area contributed by atoms with Gasteiger partial charge in [0.25, 0.3) is 0 Å². The van der Waals surface area contributed by atoms with E-state index in [0.717, 1.165) is 17.3 Å². The lowest BCUT2D eigenvalue weighted by molar-refractivity contribution is 0.405. The highest BCUT2D eigenvalue weighted by atomic mass is 32.2. The maximum absolute atomic E-state index is 6.06. The number of rotatable bonds is 2. The van der Waals surface area contributed by atoms with E-state index in [2.05, 4.69) is 6.07 Å². The van der Waals surface area contributed by atoms with E-state index in [1.807, 2.05) is 30.0 Å². The minimum absolute atomic E-state index is 0.274. The predicted octanol–water partition coefficient (Wildman–Crippen LogP) is 1.85. The molecule has 3 heteroatoms. The van der Waals surface area contributed by atoms with Crippen LogP contribution in [0.4, 0.5) is 0 Å². The molecule has 2 nitrogen and oxygen atoms in total. The molecule has 1 aliphatic rings. The Balaban J connectivity index is 2.30. The molecule has 1 aromatic carbocycles. The summed E-state index contributed by atoms with van der Waals surface area (Å²) in [6.07, 6.45) is 0. The van der Waals surface area contributed by atoms with Crippen molar-refractivity contribution in [2.75, 3.05) is 18.6 Å². The summed E-state index contributed by atoms with van der Waals surface area (Å²) in [5.74, 6) is 3.59. The highest BCUT2D eigenvalue weighted by molar-refractivity contribution is 7.99. The summed E-state index contributed by atoms with van der Waals surface area (Å²) >= 11 is 1.92. The number of methoxy groups -OCH3 is 1. The average molecular weight is 209 g/mol. The van der Waals surface area contributed by atoms with Crippen LogP contribution in [0, 0.1) is 0 Å². The quantitative estimate of drug-likeness (QED) is 0.807. The third-order valence-corrected chi connectivity index (χ3v) is 3.88. The standard InChI is InChI=1S/C11H15NOS/c1-13-11-5-3-2-4-8(11)9-6-14-7-10(9)12/h2-5,9-10H,6-7,12H2,1H3. The van der Waals surface area contributed by atoms with Crippen LogP contribution in [0.2, 0.25) is 0 Å². The van der Waals surface area contributed by atoms with E-state index in [-0.39, 0.29) is 6.04 Å². The summed E-state index contributed by atoms with van der Waals surface area (Å²) in [7, 11) is 1.71. The van der Waals surface area contributed by atoms with E-state index >= 15 is 0 Å². The van der Waals surface area contributed by atoms with Crippen LogP contribution >= 0.6 is 11.8 Å². The number of nitrogens with two attached hydrogens (primary N) is 1. The van der Waals surface area contributed by atoms with Crippen LogP contribution < -0.4 is 10.5 Å². The second kappa shape index (κ2) is 4.24. The molecule has 1 heterocycles. The minimum Gasteiger partial charge on any atom is -0.496 e. The highest BCUT2D eigenvalue weighted by Crippen LogP contribution is 2.36. The molecule has 0 bridgehead atoms. The third-order valence-electron chi connectivity index (χ3n) is 2.66. The van der Waals surface area contributed by atoms with Gasteiger partial charge in [-0.25, -0.2) is 0 Å². The van der Waals surface area contributed by atoms with Crippen molar-refractivity contribution >= 4 is 11.8 Å². The van der Waals surface area contributed by atoms with E-state index in [1.165, 1.54) is 5.56 Å². The van der Waals surface area contributed by atoms with Crippen LogP contribution in [0.15, 0.2) is 24.3 Å². The lowest BCUT2D eigenvalue weighted by Crippen LogP contribution is -2.26. The molecule has 0 amide bonds. The van der Waals surface area contributed by atoms with Crippen molar-refractivity contribution in [3.63, 3.8) is 0 Å². The number of hydrogen-bond acceptors (Lipinski definition) is 3. The number of benzene rings is 1. The number of ether oxygens (including phenoxy) is 1. The topological polar surface area (TPSA) is 35.2 Å². The first-order valence-electron chi connectivity index (χ1n) is 4.79. The lowest BCUT2D eigenvalue weighted by Gasteiger charge is -2.17. The second-order valence-electron chi connectivity index (χ2n) is 3.55. The maximum atomic E-state index is 6.06. The smallest absolute Gasteiger partial charge is 0.122 e. The van der Waals surface area contributed by atoms with Gasteiger partial charge in [0.2, 0.25) is 0 Å².